The molecule has 0 radical (unpaired) electrons. The number of pyridine rings is 1. The molecule has 1 amide bonds. The Morgan fingerprint density at radius 3 is 2.57 bits per heavy atom. The van der Waals surface area contributed by atoms with E-state index in [0.717, 1.165) is 13.0 Å². The van der Waals surface area contributed by atoms with Crippen molar-refractivity contribution in [3.63, 3.8) is 0 Å². The summed E-state index contributed by atoms with van der Waals surface area (Å²) in [4.78, 5) is 17.4. The van der Waals surface area contributed by atoms with Crippen LogP contribution < -0.4 is 5.32 Å². The topological polar surface area (TPSA) is 54.5 Å². The van der Waals surface area contributed by atoms with Crippen molar-refractivity contribution in [3.05, 3.63) is 30.1 Å². The minimum absolute atomic E-state index is 0.273. The van der Waals surface area contributed by atoms with Crippen LogP contribution in [0, 0.1) is 0 Å². The van der Waals surface area contributed by atoms with Crippen molar-refractivity contribution in [2.45, 2.75) is 45.8 Å². The second kappa shape index (κ2) is 7.98. The zero-order chi connectivity index (χ0) is 15.9. The number of amides is 1. The Labute approximate surface area is 127 Å². The fourth-order valence-corrected chi connectivity index (χ4v) is 1.84. The van der Waals surface area contributed by atoms with E-state index in [0.29, 0.717) is 6.54 Å². The van der Waals surface area contributed by atoms with Gasteiger partial charge in [-0.2, -0.15) is 0 Å². The van der Waals surface area contributed by atoms with Crippen molar-refractivity contribution in [1.82, 2.24) is 15.2 Å². The summed E-state index contributed by atoms with van der Waals surface area (Å²) >= 11 is 0. The average Bonchev–Trinajstić information content (AvgIpc) is 2.42. The summed E-state index contributed by atoms with van der Waals surface area (Å²) in [5.41, 5.74) is 0.768. The maximum Gasteiger partial charge on any atom is 0.410 e. The number of rotatable bonds is 6. The van der Waals surface area contributed by atoms with Gasteiger partial charge in [0.15, 0.2) is 0 Å². The first kappa shape index (κ1) is 17.4. The minimum atomic E-state index is -0.445. The first-order valence-electron chi connectivity index (χ1n) is 7.37. The van der Waals surface area contributed by atoms with Crippen molar-refractivity contribution in [1.29, 1.82) is 0 Å². The van der Waals surface area contributed by atoms with Gasteiger partial charge in [-0.3, -0.25) is 4.98 Å². The van der Waals surface area contributed by atoms with Crippen LogP contribution >= 0.6 is 0 Å². The first-order valence-corrected chi connectivity index (χ1v) is 7.37. The Morgan fingerprint density at radius 1 is 1.38 bits per heavy atom. The molecule has 0 aromatic carbocycles. The van der Waals surface area contributed by atoms with Gasteiger partial charge in [-0.15, -0.1) is 0 Å². The van der Waals surface area contributed by atoms with E-state index in [1.54, 1.807) is 24.3 Å². The zero-order valence-electron chi connectivity index (χ0n) is 13.7. The minimum Gasteiger partial charge on any atom is -0.444 e. The molecule has 1 rings (SSSR count). The molecule has 1 aromatic heterocycles. The highest BCUT2D eigenvalue weighted by Gasteiger charge is 2.19. The molecular formula is C16H27N3O2. The molecule has 0 fully saturated rings. The lowest BCUT2D eigenvalue weighted by Crippen LogP contribution is -2.35. The Morgan fingerprint density at radius 2 is 2.00 bits per heavy atom. The number of hydrogen-bond acceptors (Lipinski definition) is 4. The van der Waals surface area contributed by atoms with E-state index >= 15 is 0 Å². The smallest absolute Gasteiger partial charge is 0.410 e. The largest absolute Gasteiger partial charge is 0.444 e. The zero-order valence-corrected chi connectivity index (χ0v) is 13.7. The predicted molar refractivity (Wildman–Crippen MR) is 84.1 cm³/mol. The second-order valence-electron chi connectivity index (χ2n) is 6.21. The molecule has 0 saturated heterocycles. The van der Waals surface area contributed by atoms with Crippen molar-refractivity contribution in [2.24, 2.45) is 0 Å². The molecule has 1 N–H and O–H groups in total. The van der Waals surface area contributed by atoms with Crippen LogP contribution in [0.5, 0.6) is 0 Å². The van der Waals surface area contributed by atoms with E-state index in [-0.39, 0.29) is 12.1 Å². The average molecular weight is 293 g/mol. The molecule has 5 heteroatoms. The number of hydrogen-bond donors (Lipinski definition) is 1. The van der Waals surface area contributed by atoms with Gasteiger partial charge in [-0.05, 0) is 58.4 Å². The van der Waals surface area contributed by atoms with Gasteiger partial charge >= 0.3 is 6.09 Å². The van der Waals surface area contributed by atoms with Crippen molar-refractivity contribution >= 4 is 6.09 Å². The van der Waals surface area contributed by atoms with E-state index in [4.69, 9.17) is 4.74 Å². The number of nitrogens with zero attached hydrogens (tertiary/aromatic N) is 2. The molecule has 0 spiro atoms. The fourth-order valence-electron chi connectivity index (χ4n) is 1.84. The van der Waals surface area contributed by atoms with Crippen LogP contribution in [0.25, 0.3) is 0 Å². The number of carbonyl (C=O) groups excluding carboxylic acids is 1. The normalized spacial score (nSPS) is 12.8. The van der Waals surface area contributed by atoms with Crippen molar-refractivity contribution in [3.8, 4) is 0 Å². The molecule has 0 aliphatic carbocycles. The Kier molecular flexibility index (Phi) is 6.62. The molecular weight excluding hydrogens is 266 g/mol. The molecule has 21 heavy (non-hydrogen) atoms. The molecule has 0 aliphatic heterocycles. The summed E-state index contributed by atoms with van der Waals surface area (Å²) in [6.45, 7) is 9.25. The summed E-state index contributed by atoms with van der Waals surface area (Å²) < 4.78 is 5.31. The SMILES string of the molecule is CC(NCCCN(C)C(=O)OC(C)(C)C)c1ccncc1. The first-order chi connectivity index (χ1) is 9.79. The van der Waals surface area contributed by atoms with E-state index in [1.807, 2.05) is 32.9 Å². The third-order valence-corrected chi connectivity index (χ3v) is 3.03. The van der Waals surface area contributed by atoms with Crippen LogP contribution in [-0.4, -0.2) is 41.7 Å². The van der Waals surface area contributed by atoms with Gasteiger partial charge in [0.2, 0.25) is 0 Å². The third-order valence-electron chi connectivity index (χ3n) is 3.03. The highest BCUT2D eigenvalue weighted by molar-refractivity contribution is 5.67. The van der Waals surface area contributed by atoms with Crippen LogP contribution in [0.2, 0.25) is 0 Å². The van der Waals surface area contributed by atoms with Crippen LogP contribution in [0.15, 0.2) is 24.5 Å². The van der Waals surface area contributed by atoms with Crippen molar-refractivity contribution < 1.29 is 9.53 Å². The summed E-state index contributed by atoms with van der Waals surface area (Å²) in [6, 6.07) is 4.29. The molecule has 1 heterocycles. The van der Waals surface area contributed by atoms with Gasteiger partial charge in [0.05, 0.1) is 0 Å². The van der Waals surface area contributed by atoms with Crippen LogP contribution in [0.1, 0.15) is 45.7 Å². The monoisotopic (exact) mass is 293 g/mol. The number of nitrogens with one attached hydrogen (secondary N) is 1. The Balaban J connectivity index is 2.23. The molecule has 1 aromatic rings. The molecule has 0 bridgehead atoms. The van der Waals surface area contributed by atoms with Crippen LogP contribution in [0.3, 0.4) is 0 Å². The van der Waals surface area contributed by atoms with E-state index < -0.39 is 5.60 Å². The molecule has 1 atom stereocenters. The molecule has 1 unspecified atom stereocenters. The van der Waals surface area contributed by atoms with Gasteiger partial charge < -0.3 is 15.0 Å². The number of aromatic nitrogens is 1. The van der Waals surface area contributed by atoms with Crippen LogP contribution in [-0.2, 0) is 4.74 Å². The lowest BCUT2D eigenvalue weighted by atomic mass is 10.1. The van der Waals surface area contributed by atoms with Gasteiger partial charge in [-0.25, -0.2) is 4.79 Å². The molecule has 0 aliphatic rings. The third kappa shape index (κ3) is 7.09. The van der Waals surface area contributed by atoms with Gasteiger partial charge in [0.1, 0.15) is 5.60 Å². The van der Waals surface area contributed by atoms with Crippen molar-refractivity contribution in [2.75, 3.05) is 20.1 Å². The summed E-state index contributed by atoms with van der Waals surface area (Å²) in [5, 5.41) is 3.43. The highest BCUT2D eigenvalue weighted by Crippen LogP contribution is 2.11. The summed E-state index contributed by atoms with van der Waals surface area (Å²) in [7, 11) is 1.76. The lowest BCUT2D eigenvalue weighted by Gasteiger charge is -2.24. The van der Waals surface area contributed by atoms with Gasteiger partial charge in [0, 0.05) is 32.0 Å². The maximum absolute atomic E-state index is 11.8. The lowest BCUT2D eigenvalue weighted by molar-refractivity contribution is 0.0297. The summed E-state index contributed by atoms with van der Waals surface area (Å²) in [6.07, 6.45) is 4.20. The maximum atomic E-state index is 11.8. The van der Waals surface area contributed by atoms with Gasteiger partial charge in [-0.1, -0.05) is 0 Å². The van der Waals surface area contributed by atoms with Crippen LogP contribution in [0.4, 0.5) is 4.79 Å². The quantitative estimate of drug-likeness (QED) is 0.819. The van der Waals surface area contributed by atoms with E-state index in [2.05, 4.69) is 17.2 Å². The second-order valence-corrected chi connectivity index (χ2v) is 6.21. The molecule has 5 nitrogen and oxygen atoms in total. The number of carbonyl (C=O) groups is 1. The molecule has 0 saturated carbocycles. The Bertz CT molecular complexity index is 429. The summed E-state index contributed by atoms with van der Waals surface area (Å²) in [5.74, 6) is 0. The van der Waals surface area contributed by atoms with E-state index in [9.17, 15) is 4.79 Å². The van der Waals surface area contributed by atoms with E-state index in [1.165, 1.54) is 5.56 Å². The standard InChI is InChI=1S/C16H27N3O2/c1-13(14-7-10-17-11-8-14)18-9-6-12-19(5)15(20)21-16(2,3)4/h7-8,10-11,13,18H,6,9,12H2,1-5H3. The highest BCUT2D eigenvalue weighted by atomic mass is 16.6. The predicted octanol–water partition coefficient (Wildman–Crippen LogP) is 2.99. The molecule has 118 valence electrons. The number of ether oxygens (including phenoxy) is 1. The Hall–Kier alpha value is -1.62. The van der Waals surface area contributed by atoms with Gasteiger partial charge in [0.25, 0.3) is 0 Å². The fraction of sp³-hybridized carbons (Fsp3) is 0.625.